The van der Waals surface area contributed by atoms with Crippen molar-refractivity contribution in [1.29, 1.82) is 0 Å². The van der Waals surface area contributed by atoms with Crippen LogP contribution >= 0.6 is 0 Å². The third kappa shape index (κ3) is 1.34. The van der Waals surface area contributed by atoms with Crippen LogP contribution in [0.4, 0.5) is 0 Å². The number of nitrogens with zero attached hydrogens (tertiary/aromatic N) is 1. The maximum Gasteiger partial charge on any atom is 0.308 e. The molecule has 0 amide bonds. The first-order valence-corrected chi connectivity index (χ1v) is 5.61. The van der Waals surface area contributed by atoms with E-state index >= 15 is 0 Å². The van der Waals surface area contributed by atoms with Gasteiger partial charge in [0.1, 0.15) is 0 Å². The van der Waals surface area contributed by atoms with E-state index in [1.165, 1.54) is 19.3 Å². The molecule has 1 unspecified atom stereocenters. The summed E-state index contributed by atoms with van der Waals surface area (Å²) in [5, 5.41) is 9.22. The van der Waals surface area contributed by atoms with Crippen molar-refractivity contribution in [2.75, 3.05) is 13.6 Å². The topological polar surface area (TPSA) is 40.5 Å². The summed E-state index contributed by atoms with van der Waals surface area (Å²) in [6, 6.07) is 0. The molecule has 1 N–H and O–H groups in total. The van der Waals surface area contributed by atoms with Gasteiger partial charge in [-0.2, -0.15) is 0 Å². The first kappa shape index (κ1) is 9.97. The van der Waals surface area contributed by atoms with Crippen LogP contribution in [0.25, 0.3) is 0 Å². The first-order valence-electron chi connectivity index (χ1n) is 5.61. The molecule has 1 saturated carbocycles. The summed E-state index contributed by atoms with van der Waals surface area (Å²) in [6.45, 7) is 0.955. The van der Waals surface area contributed by atoms with Crippen LogP contribution in [0.3, 0.4) is 0 Å². The Balaban J connectivity index is 2.22. The molecule has 1 heterocycles. The van der Waals surface area contributed by atoms with Crippen LogP contribution in [0.5, 0.6) is 0 Å². The van der Waals surface area contributed by atoms with Crippen LogP contribution in [-0.2, 0) is 4.79 Å². The van der Waals surface area contributed by atoms with Gasteiger partial charge in [0.15, 0.2) is 0 Å². The molecule has 1 aliphatic carbocycles. The van der Waals surface area contributed by atoms with Crippen LogP contribution < -0.4 is 0 Å². The molecule has 1 atom stereocenters. The highest BCUT2D eigenvalue weighted by molar-refractivity contribution is 5.72. The second kappa shape index (κ2) is 3.54. The highest BCUT2D eigenvalue weighted by atomic mass is 16.4. The zero-order chi connectivity index (χ0) is 10.2. The van der Waals surface area contributed by atoms with E-state index in [1.54, 1.807) is 0 Å². The third-order valence-corrected chi connectivity index (χ3v) is 4.18. The van der Waals surface area contributed by atoms with Crippen LogP contribution in [0.1, 0.15) is 38.5 Å². The number of aliphatic carboxylic acids is 1. The van der Waals surface area contributed by atoms with Gasteiger partial charge in [0.05, 0.1) is 5.92 Å². The molecule has 2 aliphatic rings. The minimum absolute atomic E-state index is 0.00405. The van der Waals surface area contributed by atoms with Gasteiger partial charge in [-0.05, 0) is 32.9 Å². The SMILES string of the molecule is CN1CCC(C(=O)O)C12CCCCC2. The van der Waals surface area contributed by atoms with Gasteiger partial charge in [0.25, 0.3) is 0 Å². The van der Waals surface area contributed by atoms with Gasteiger partial charge in [0.2, 0.25) is 0 Å². The molecule has 0 aromatic heterocycles. The van der Waals surface area contributed by atoms with Gasteiger partial charge in [-0.15, -0.1) is 0 Å². The number of carboxylic acids is 1. The Morgan fingerprint density at radius 2 is 2.00 bits per heavy atom. The average molecular weight is 197 g/mol. The largest absolute Gasteiger partial charge is 0.481 e. The maximum absolute atomic E-state index is 11.2. The molecule has 0 radical (unpaired) electrons. The second-order valence-electron chi connectivity index (χ2n) is 4.77. The zero-order valence-corrected chi connectivity index (χ0v) is 8.83. The van der Waals surface area contributed by atoms with Gasteiger partial charge in [0, 0.05) is 5.54 Å². The first-order chi connectivity index (χ1) is 6.67. The third-order valence-electron chi connectivity index (χ3n) is 4.18. The standard InChI is InChI=1S/C11H19NO2/c1-12-8-5-9(10(13)14)11(12)6-3-2-4-7-11/h9H,2-8H2,1H3,(H,13,14). The molecule has 0 aromatic rings. The Kier molecular flexibility index (Phi) is 2.52. The van der Waals surface area contributed by atoms with Crippen molar-refractivity contribution in [1.82, 2.24) is 4.90 Å². The van der Waals surface area contributed by atoms with E-state index in [2.05, 4.69) is 11.9 Å². The van der Waals surface area contributed by atoms with E-state index in [0.717, 1.165) is 25.8 Å². The summed E-state index contributed by atoms with van der Waals surface area (Å²) >= 11 is 0. The van der Waals surface area contributed by atoms with E-state index in [1.807, 2.05) is 0 Å². The summed E-state index contributed by atoms with van der Waals surface area (Å²) in [6.07, 6.45) is 6.69. The predicted octanol–water partition coefficient (Wildman–Crippen LogP) is 1.73. The molecule has 0 aromatic carbocycles. The summed E-state index contributed by atoms with van der Waals surface area (Å²) in [4.78, 5) is 13.5. The van der Waals surface area contributed by atoms with E-state index in [9.17, 15) is 9.90 Å². The highest BCUT2D eigenvalue weighted by Crippen LogP contribution is 2.44. The molecular formula is C11H19NO2. The predicted molar refractivity (Wildman–Crippen MR) is 54.2 cm³/mol. The van der Waals surface area contributed by atoms with Crippen molar-refractivity contribution in [2.24, 2.45) is 5.92 Å². The van der Waals surface area contributed by atoms with Gasteiger partial charge in [-0.25, -0.2) is 0 Å². The monoisotopic (exact) mass is 197 g/mol. The van der Waals surface area contributed by atoms with E-state index in [-0.39, 0.29) is 11.5 Å². The van der Waals surface area contributed by atoms with Crippen LogP contribution in [0, 0.1) is 5.92 Å². The maximum atomic E-state index is 11.2. The molecular weight excluding hydrogens is 178 g/mol. The van der Waals surface area contributed by atoms with Crippen LogP contribution in [0.2, 0.25) is 0 Å². The summed E-state index contributed by atoms with van der Waals surface area (Å²) in [5.74, 6) is -0.705. The summed E-state index contributed by atoms with van der Waals surface area (Å²) in [7, 11) is 2.09. The van der Waals surface area contributed by atoms with Crippen molar-refractivity contribution in [3.8, 4) is 0 Å². The quantitative estimate of drug-likeness (QED) is 0.696. The number of hydrogen-bond acceptors (Lipinski definition) is 2. The fraction of sp³-hybridized carbons (Fsp3) is 0.909. The average Bonchev–Trinajstić information content (AvgIpc) is 2.46. The number of rotatable bonds is 1. The molecule has 2 fully saturated rings. The summed E-state index contributed by atoms with van der Waals surface area (Å²) < 4.78 is 0. The van der Waals surface area contributed by atoms with Gasteiger partial charge < -0.3 is 5.11 Å². The number of carbonyl (C=O) groups is 1. The highest BCUT2D eigenvalue weighted by Gasteiger charge is 2.50. The minimum atomic E-state index is -0.587. The Labute approximate surface area is 85.1 Å². The smallest absolute Gasteiger partial charge is 0.308 e. The minimum Gasteiger partial charge on any atom is -0.481 e. The lowest BCUT2D eigenvalue weighted by Gasteiger charge is -2.42. The van der Waals surface area contributed by atoms with Crippen molar-refractivity contribution in [3.05, 3.63) is 0 Å². The fourth-order valence-corrected chi connectivity index (χ4v) is 3.33. The molecule has 1 aliphatic heterocycles. The fourth-order valence-electron chi connectivity index (χ4n) is 3.33. The number of likely N-dealkylation sites (tertiary alicyclic amines) is 1. The Bertz CT molecular complexity index is 233. The molecule has 1 spiro atoms. The van der Waals surface area contributed by atoms with Gasteiger partial charge in [-0.3, -0.25) is 9.69 Å². The number of carboxylic acid groups (broad SMARTS) is 1. The van der Waals surface area contributed by atoms with Crippen molar-refractivity contribution >= 4 is 5.97 Å². The second-order valence-corrected chi connectivity index (χ2v) is 4.77. The van der Waals surface area contributed by atoms with E-state index < -0.39 is 5.97 Å². The van der Waals surface area contributed by atoms with Crippen molar-refractivity contribution in [2.45, 2.75) is 44.1 Å². The molecule has 3 heteroatoms. The lowest BCUT2D eigenvalue weighted by atomic mass is 9.73. The molecule has 0 bridgehead atoms. The molecule has 14 heavy (non-hydrogen) atoms. The summed E-state index contributed by atoms with van der Waals surface area (Å²) in [5.41, 5.74) is 0.00405. The molecule has 3 nitrogen and oxygen atoms in total. The van der Waals surface area contributed by atoms with Crippen molar-refractivity contribution in [3.63, 3.8) is 0 Å². The lowest BCUT2D eigenvalue weighted by molar-refractivity contribution is -0.145. The van der Waals surface area contributed by atoms with E-state index in [0.29, 0.717) is 0 Å². The van der Waals surface area contributed by atoms with Gasteiger partial charge >= 0.3 is 5.97 Å². The van der Waals surface area contributed by atoms with Crippen LogP contribution in [0.15, 0.2) is 0 Å². The molecule has 80 valence electrons. The van der Waals surface area contributed by atoms with Gasteiger partial charge in [-0.1, -0.05) is 19.3 Å². The molecule has 2 rings (SSSR count). The Morgan fingerprint density at radius 1 is 1.36 bits per heavy atom. The van der Waals surface area contributed by atoms with Crippen molar-refractivity contribution < 1.29 is 9.90 Å². The zero-order valence-electron chi connectivity index (χ0n) is 8.83. The normalized spacial score (nSPS) is 32.2. The lowest BCUT2D eigenvalue weighted by Crippen LogP contribution is -2.49. The Morgan fingerprint density at radius 3 is 2.57 bits per heavy atom. The Hall–Kier alpha value is -0.570. The number of hydrogen-bond donors (Lipinski definition) is 1. The van der Waals surface area contributed by atoms with Crippen LogP contribution in [-0.4, -0.2) is 35.1 Å². The molecule has 1 saturated heterocycles. The van der Waals surface area contributed by atoms with E-state index in [4.69, 9.17) is 0 Å².